The van der Waals surface area contributed by atoms with Gasteiger partial charge in [-0.05, 0) is 6.42 Å². The third-order valence-corrected chi connectivity index (χ3v) is 1.64. The maximum Gasteiger partial charge on any atom is 0.520 e. The van der Waals surface area contributed by atoms with Crippen molar-refractivity contribution in [3.05, 3.63) is 0 Å². The van der Waals surface area contributed by atoms with Crippen LogP contribution in [0.4, 0.5) is 4.79 Å². The average molecular weight is 221 g/mol. The van der Waals surface area contributed by atoms with Gasteiger partial charge in [-0.25, -0.2) is 4.79 Å². The summed E-state index contributed by atoms with van der Waals surface area (Å²) in [5.41, 5.74) is 0. The molecule has 1 rings (SSSR count). The maximum absolute atomic E-state index is 10.8. The van der Waals surface area contributed by atoms with Crippen LogP contribution in [0.25, 0.3) is 0 Å². The zero-order valence-electron chi connectivity index (χ0n) is 8.77. The van der Waals surface area contributed by atoms with E-state index < -0.39 is 6.16 Å². The number of carbonyl (C=O) groups excluding carboxylic acids is 1. The molecule has 0 spiro atoms. The molecule has 0 aliphatic carbocycles. The lowest BCUT2D eigenvalue weighted by Gasteiger charge is -2.14. The Balaban J connectivity index is 0.000000423. The highest BCUT2D eigenvalue weighted by Crippen LogP contribution is 2.13. The quantitative estimate of drug-likeness (QED) is 0.546. The highest BCUT2D eigenvalue weighted by Gasteiger charge is 2.28. The molecule has 0 atom stereocenters. The van der Waals surface area contributed by atoms with E-state index in [4.69, 9.17) is 10.2 Å². The monoisotopic (exact) mass is 221 g/mol. The van der Waals surface area contributed by atoms with Crippen LogP contribution < -0.4 is 0 Å². The van der Waals surface area contributed by atoms with E-state index in [1.165, 1.54) is 0 Å². The van der Waals surface area contributed by atoms with Crippen LogP contribution in [0.1, 0.15) is 26.2 Å². The molecule has 2 N–H and O–H groups in total. The predicted octanol–water partition coefficient (Wildman–Crippen LogP) is 0.900. The Morgan fingerprint density at radius 2 is 2.20 bits per heavy atom. The Kier molecular flexibility index (Phi) is 7.35. The lowest BCUT2D eigenvalue weighted by Crippen LogP contribution is -2.20. The summed E-state index contributed by atoms with van der Waals surface area (Å²) in [5, 5.41) is 16.0. The summed E-state index contributed by atoms with van der Waals surface area (Å²) in [6.07, 6.45) is 0.734. The number of carbonyl (C=O) groups is 2. The molecule has 0 aromatic rings. The Morgan fingerprint density at radius 1 is 1.60 bits per heavy atom. The number of ether oxygens (including phenoxy) is 1. The number of hydrogen-bond acceptors (Lipinski definition) is 4. The standard InChI is InChI=1S/C6H8O5.C3H8O/c7-5-2-1-3-11(5)4-10-6(8)9;1-2-3-4/h1-4H2;4H,2-3H2,1H3/p+1. The van der Waals surface area contributed by atoms with Gasteiger partial charge in [-0.15, -0.1) is 0 Å². The van der Waals surface area contributed by atoms with Gasteiger partial charge in [0.25, 0.3) is 6.79 Å². The van der Waals surface area contributed by atoms with Crippen molar-refractivity contribution < 1.29 is 28.9 Å². The highest BCUT2D eigenvalue weighted by molar-refractivity contribution is 5.72. The fraction of sp³-hybridized carbons (Fsp3) is 0.778. The van der Waals surface area contributed by atoms with Crippen LogP contribution >= 0.6 is 0 Å². The van der Waals surface area contributed by atoms with Crippen LogP contribution in [-0.4, -0.2) is 42.3 Å². The minimum Gasteiger partial charge on any atom is -0.518 e. The maximum atomic E-state index is 10.8. The van der Waals surface area contributed by atoms with Crippen molar-refractivity contribution >= 4 is 12.1 Å². The predicted molar refractivity (Wildman–Crippen MR) is 51.5 cm³/mol. The number of cyclic esters (lactones) is 1. The summed E-state index contributed by atoms with van der Waals surface area (Å²) in [5.74, 6) is -0.119. The second-order valence-corrected chi connectivity index (χ2v) is 2.92. The summed E-state index contributed by atoms with van der Waals surface area (Å²) in [7, 11) is 0. The molecule has 1 aliphatic rings. The molecule has 1 saturated heterocycles. The minimum atomic E-state index is -1.36. The third-order valence-electron chi connectivity index (χ3n) is 1.64. The fourth-order valence-corrected chi connectivity index (χ4v) is 0.895. The van der Waals surface area contributed by atoms with Gasteiger partial charge in [0, 0.05) is 17.8 Å². The topological polar surface area (TPSA) is 86.5 Å². The van der Waals surface area contributed by atoms with Gasteiger partial charge in [-0.1, -0.05) is 6.92 Å². The fourth-order valence-electron chi connectivity index (χ4n) is 0.895. The van der Waals surface area contributed by atoms with E-state index in [-0.39, 0.29) is 12.8 Å². The molecule has 0 aromatic heterocycles. The van der Waals surface area contributed by atoms with Crippen molar-refractivity contribution in [2.24, 2.45) is 0 Å². The first-order valence-electron chi connectivity index (χ1n) is 4.78. The first-order chi connectivity index (χ1) is 7.11. The van der Waals surface area contributed by atoms with Crippen LogP contribution in [0.5, 0.6) is 0 Å². The first-order valence-corrected chi connectivity index (χ1v) is 4.78. The van der Waals surface area contributed by atoms with Gasteiger partial charge < -0.3 is 19.3 Å². The third kappa shape index (κ3) is 6.73. The van der Waals surface area contributed by atoms with Crippen molar-refractivity contribution in [2.75, 3.05) is 20.0 Å². The number of hydrogen-bond donors (Lipinski definition) is 2. The molecule has 0 unspecified atom stereocenters. The molecule has 0 bridgehead atoms. The van der Waals surface area contributed by atoms with Crippen LogP contribution in [0.3, 0.4) is 0 Å². The van der Waals surface area contributed by atoms with Crippen LogP contribution in [0.15, 0.2) is 0 Å². The van der Waals surface area contributed by atoms with Crippen molar-refractivity contribution in [1.82, 2.24) is 0 Å². The largest absolute Gasteiger partial charge is 0.520 e. The molecule has 1 aliphatic heterocycles. The Labute approximate surface area is 88.1 Å². The van der Waals surface area contributed by atoms with E-state index in [1.807, 2.05) is 6.92 Å². The minimum absolute atomic E-state index is 0.119. The molecule has 6 nitrogen and oxygen atoms in total. The number of rotatable bonds is 3. The van der Waals surface area contributed by atoms with E-state index in [0.717, 1.165) is 12.8 Å². The second-order valence-electron chi connectivity index (χ2n) is 2.92. The van der Waals surface area contributed by atoms with Crippen molar-refractivity contribution in [3.63, 3.8) is 0 Å². The summed E-state index contributed by atoms with van der Waals surface area (Å²) < 4.78 is 6.34. The lowest BCUT2D eigenvalue weighted by atomic mass is 10.4. The van der Waals surface area contributed by atoms with Gasteiger partial charge in [0.05, 0.1) is 0 Å². The Morgan fingerprint density at radius 3 is 2.53 bits per heavy atom. The molecule has 0 aromatic carbocycles. The smallest absolute Gasteiger partial charge is 0.518 e. The summed E-state index contributed by atoms with van der Waals surface area (Å²) in [6, 6.07) is 0. The molecule has 0 saturated carbocycles. The number of carboxylic acid groups (broad SMARTS) is 1. The highest BCUT2D eigenvalue weighted by atomic mass is 16.8. The van der Waals surface area contributed by atoms with Crippen molar-refractivity contribution in [2.45, 2.75) is 26.2 Å². The lowest BCUT2D eigenvalue weighted by molar-refractivity contribution is -0.202. The van der Waals surface area contributed by atoms with E-state index in [1.54, 1.807) is 0 Å². The van der Waals surface area contributed by atoms with Gasteiger partial charge in [-0.2, -0.15) is 0 Å². The zero-order valence-corrected chi connectivity index (χ0v) is 8.77. The summed E-state index contributed by atoms with van der Waals surface area (Å²) in [4.78, 5) is 20.7. The van der Waals surface area contributed by atoms with Gasteiger partial charge >= 0.3 is 12.1 Å². The Bertz CT molecular complexity index is 201. The normalized spacial score (nSPS) is 14.5. The molecular formula is C9H17O6+. The molecule has 0 radical (unpaired) electrons. The van der Waals surface area contributed by atoms with Crippen LogP contribution in [0.2, 0.25) is 0 Å². The zero-order chi connectivity index (χ0) is 11.7. The first kappa shape index (κ1) is 13.7. The van der Waals surface area contributed by atoms with E-state index in [9.17, 15) is 9.59 Å². The van der Waals surface area contributed by atoms with Gasteiger partial charge in [0.1, 0.15) is 13.0 Å². The van der Waals surface area contributed by atoms with Crippen LogP contribution in [0, 0.1) is 0 Å². The number of aliphatic hydroxyl groups is 1. The van der Waals surface area contributed by atoms with E-state index >= 15 is 0 Å². The van der Waals surface area contributed by atoms with Gasteiger partial charge in [-0.3, -0.25) is 0 Å². The second kappa shape index (κ2) is 8.05. The van der Waals surface area contributed by atoms with Gasteiger partial charge in [0.15, 0.2) is 0 Å². The molecule has 1 fully saturated rings. The SMILES string of the molecule is CCCO.O=C(O)OC[O+]1CCCC1=O. The molecule has 6 heteroatoms. The van der Waals surface area contributed by atoms with E-state index in [0.29, 0.717) is 19.6 Å². The van der Waals surface area contributed by atoms with Gasteiger partial charge in [0.2, 0.25) is 0 Å². The van der Waals surface area contributed by atoms with E-state index in [2.05, 4.69) is 9.10 Å². The molecular weight excluding hydrogens is 204 g/mol. The van der Waals surface area contributed by atoms with Crippen molar-refractivity contribution in [1.29, 1.82) is 0 Å². The molecule has 15 heavy (non-hydrogen) atoms. The summed E-state index contributed by atoms with van der Waals surface area (Å²) >= 11 is 0. The van der Waals surface area contributed by atoms with Crippen molar-refractivity contribution in [3.8, 4) is 0 Å². The molecule has 0 amide bonds. The average Bonchev–Trinajstić information content (AvgIpc) is 2.61. The number of aliphatic hydroxyl groups excluding tert-OH is 1. The molecule has 88 valence electrons. The molecule has 1 heterocycles. The Hall–Kier alpha value is -1.30. The van der Waals surface area contributed by atoms with Crippen LogP contribution in [-0.2, 0) is 13.9 Å². The summed E-state index contributed by atoms with van der Waals surface area (Å²) in [6.45, 7) is 2.56.